The molecule has 2 aromatic rings. The van der Waals surface area contributed by atoms with Crippen LogP contribution < -0.4 is 9.47 Å². The molecular formula is C16H17BrN2O4. The standard InChI is InChI=1S/C16H17BrN2O4/c1-8(2)13-9(11-7-12(16(20)21)19-18-11)6-10(17)14-15(13)23-5-3-4-22-14/h6-8H,3-5H2,1-2H3,(H,18,19)(H,20,21). The topological polar surface area (TPSA) is 84.4 Å². The first kappa shape index (κ1) is 15.9. The Morgan fingerprint density at radius 1 is 1.30 bits per heavy atom. The van der Waals surface area contributed by atoms with Crippen LogP contribution in [-0.2, 0) is 0 Å². The van der Waals surface area contributed by atoms with Crippen molar-refractivity contribution in [1.29, 1.82) is 0 Å². The van der Waals surface area contributed by atoms with E-state index >= 15 is 0 Å². The number of halogens is 1. The lowest BCUT2D eigenvalue weighted by atomic mass is 9.93. The van der Waals surface area contributed by atoms with Crippen LogP contribution in [0.15, 0.2) is 16.6 Å². The van der Waals surface area contributed by atoms with Gasteiger partial charge in [0.15, 0.2) is 11.5 Å². The molecule has 2 N–H and O–H groups in total. The third kappa shape index (κ3) is 2.93. The van der Waals surface area contributed by atoms with E-state index in [0.717, 1.165) is 22.0 Å². The first-order chi connectivity index (χ1) is 11.0. The van der Waals surface area contributed by atoms with E-state index in [0.29, 0.717) is 30.4 Å². The Kier molecular flexibility index (Phi) is 4.30. The van der Waals surface area contributed by atoms with E-state index in [2.05, 4.69) is 40.0 Å². The summed E-state index contributed by atoms with van der Waals surface area (Å²) in [4.78, 5) is 11.1. The van der Waals surface area contributed by atoms with Crippen LogP contribution in [-0.4, -0.2) is 34.5 Å². The molecule has 0 aliphatic carbocycles. The van der Waals surface area contributed by atoms with Crippen molar-refractivity contribution in [3.8, 4) is 22.8 Å². The molecule has 0 amide bonds. The highest BCUT2D eigenvalue weighted by molar-refractivity contribution is 9.10. The number of benzene rings is 1. The number of nitrogens with zero attached hydrogens (tertiary/aromatic N) is 1. The van der Waals surface area contributed by atoms with E-state index in [1.165, 1.54) is 6.07 Å². The molecule has 0 bridgehead atoms. The maximum Gasteiger partial charge on any atom is 0.353 e. The number of carbonyl (C=O) groups is 1. The molecular weight excluding hydrogens is 364 g/mol. The molecule has 6 nitrogen and oxygen atoms in total. The maximum absolute atomic E-state index is 11.1. The van der Waals surface area contributed by atoms with Crippen LogP contribution in [0.25, 0.3) is 11.3 Å². The van der Waals surface area contributed by atoms with Crippen LogP contribution in [0.5, 0.6) is 11.5 Å². The molecule has 1 aromatic carbocycles. The zero-order valence-corrected chi connectivity index (χ0v) is 14.4. The minimum Gasteiger partial charge on any atom is -0.489 e. The van der Waals surface area contributed by atoms with Gasteiger partial charge >= 0.3 is 5.97 Å². The van der Waals surface area contributed by atoms with Crippen LogP contribution in [0.1, 0.15) is 42.2 Å². The molecule has 0 saturated heterocycles. The number of carboxylic acids is 1. The Hall–Kier alpha value is -2.02. The first-order valence-electron chi connectivity index (χ1n) is 7.40. The van der Waals surface area contributed by atoms with Gasteiger partial charge in [0.1, 0.15) is 5.69 Å². The number of aromatic amines is 1. The van der Waals surface area contributed by atoms with Crippen LogP contribution >= 0.6 is 15.9 Å². The number of fused-ring (bicyclic) bond motifs is 1. The molecule has 7 heteroatoms. The summed E-state index contributed by atoms with van der Waals surface area (Å²) in [5, 5.41) is 15.8. The van der Waals surface area contributed by atoms with Gasteiger partial charge in [-0.15, -0.1) is 0 Å². The smallest absolute Gasteiger partial charge is 0.353 e. The summed E-state index contributed by atoms with van der Waals surface area (Å²) < 4.78 is 12.5. The molecule has 3 rings (SSSR count). The van der Waals surface area contributed by atoms with Gasteiger partial charge in [0.25, 0.3) is 0 Å². The highest BCUT2D eigenvalue weighted by atomic mass is 79.9. The van der Waals surface area contributed by atoms with Crippen LogP contribution in [0.2, 0.25) is 0 Å². The number of aromatic nitrogens is 2. The molecule has 0 radical (unpaired) electrons. The van der Waals surface area contributed by atoms with Crippen molar-refractivity contribution in [2.45, 2.75) is 26.2 Å². The van der Waals surface area contributed by atoms with E-state index in [4.69, 9.17) is 14.6 Å². The lowest BCUT2D eigenvalue weighted by molar-refractivity contribution is 0.0690. The average molecular weight is 381 g/mol. The Morgan fingerprint density at radius 3 is 2.61 bits per heavy atom. The van der Waals surface area contributed by atoms with Crippen LogP contribution in [0.4, 0.5) is 0 Å². The molecule has 1 aliphatic heterocycles. The Balaban J connectivity index is 2.21. The lowest BCUT2D eigenvalue weighted by Gasteiger charge is -2.20. The fraction of sp³-hybridized carbons (Fsp3) is 0.375. The van der Waals surface area contributed by atoms with Crippen molar-refractivity contribution in [2.75, 3.05) is 13.2 Å². The van der Waals surface area contributed by atoms with Gasteiger partial charge < -0.3 is 14.6 Å². The summed E-state index contributed by atoms with van der Waals surface area (Å²) in [5.41, 5.74) is 2.42. The molecule has 1 aliphatic rings. The van der Waals surface area contributed by atoms with Crippen molar-refractivity contribution < 1.29 is 19.4 Å². The summed E-state index contributed by atoms with van der Waals surface area (Å²) in [6.45, 7) is 5.32. The van der Waals surface area contributed by atoms with Crippen molar-refractivity contribution in [1.82, 2.24) is 10.2 Å². The molecule has 0 unspecified atom stereocenters. The summed E-state index contributed by atoms with van der Waals surface area (Å²) in [6, 6.07) is 3.44. The van der Waals surface area contributed by atoms with Crippen LogP contribution in [0, 0.1) is 0 Å². The molecule has 2 heterocycles. The third-order valence-electron chi connectivity index (χ3n) is 3.67. The predicted molar refractivity (Wildman–Crippen MR) is 88.4 cm³/mol. The van der Waals surface area contributed by atoms with Gasteiger partial charge in [-0.2, -0.15) is 5.10 Å². The quantitative estimate of drug-likeness (QED) is 0.845. The fourth-order valence-electron chi connectivity index (χ4n) is 2.66. The number of nitrogens with one attached hydrogen (secondary N) is 1. The maximum atomic E-state index is 11.1. The average Bonchev–Trinajstić information content (AvgIpc) is 2.86. The van der Waals surface area contributed by atoms with E-state index in [1.54, 1.807) is 0 Å². The van der Waals surface area contributed by atoms with Gasteiger partial charge in [-0.05, 0) is 34.0 Å². The van der Waals surface area contributed by atoms with Gasteiger partial charge in [-0.25, -0.2) is 4.79 Å². The predicted octanol–water partition coefficient (Wildman–Crippen LogP) is 3.82. The highest BCUT2D eigenvalue weighted by Gasteiger charge is 2.25. The second-order valence-electron chi connectivity index (χ2n) is 5.66. The SMILES string of the molecule is CC(C)c1c(-c2cc(C(=O)O)[nH]n2)cc(Br)c2c1OCCCO2. The number of ether oxygens (including phenoxy) is 2. The zero-order valence-electron chi connectivity index (χ0n) is 12.9. The lowest BCUT2D eigenvalue weighted by Crippen LogP contribution is -2.02. The van der Waals surface area contributed by atoms with Gasteiger partial charge in [0.2, 0.25) is 0 Å². The summed E-state index contributed by atoms with van der Waals surface area (Å²) in [6.07, 6.45) is 0.819. The number of H-pyrrole nitrogens is 1. The van der Waals surface area contributed by atoms with E-state index in [-0.39, 0.29) is 11.6 Å². The molecule has 0 spiro atoms. The van der Waals surface area contributed by atoms with E-state index in [1.807, 2.05) is 6.07 Å². The fourth-order valence-corrected chi connectivity index (χ4v) is 3.19. The monoisotopic (exact) mass is 380 g/mol. The number of carboxylic acid groups (broad SMARTS) is 1. The normalized spacial score (nSPS) is 13.9. The Labute approximate surface area is 141 Å². The number of aromatic carboxylic acids is 1. The molecule has 122 valence electrons. The molecule has 0 atom stereocenters. The van der Waals surface area contributed by atoms with Gasteiger partial charge in [0.05, 0.1) is 23.4 Å². The number of hydrogen-bond donors (Lipinski definition) is 2. The van der Waals surface area contributed by atoms with Gasteiger partial charge in [-0.3, -0.25) is 5.10 Å². The minimum absolute atomic E-state index is 0.0536. The number of rotatable bonds is 3. The minimum atomic E-state index is -1.04. The molecule has 1 aromatic heterocycles. The van der Waals surface area contributed by atoms with Crippen molar-refractivity contribution in [3.63, 3.8) is 0 Å². The van der Waals surface area contributed by atoms with Crippen molar-refractivity contribution >= 4 is 21.9 Å². The molecule has 0 saturated carbocycles. The van der Waals surface area contributed by atoms with Crippen LogP contribution in [0.3, 0.4) is 0 Å². The summed E-state index contributed by atoms with van der Waals surface area (Å²) >= 11 is 3.52. The summed E-state index contributed by atoms with van der Waals surface area (Å²) in [5.74, 6) is 0.535. The third-order valence-corrected chi connectivity index (χ3v) is 4.26. The van der Waals surface area contributed by atoms with Crippen molar-refractivity contribution in [3.05, 3.63) is 27.9 Å². The molecule has 0 fully saturated rings. The van der Waals surface area contributed by atoms with Crippen molar-refractivity contribution in [2.24, 2.45) is 0 Å². The van der Waals surface area contributed by atoms with E-state index in [9.17, 15) is 4.79 Å². The second-order valence-corrected chi connectivity index (χ2v) is 6.51. The van der Waals surface area contributed by atoms with Gasteiger partial charge in [0, 0.05) is 17.5 Å². The zero-order chi connectivity index (χ0) is 16.6. The van der Waals surface area contributed by atoms with E-state index < -0.39 is 5.97 Å². The summed E-state index contributed by atoms with van der Waals surface area (Å²) in [7, 11) is 0. The number of hydrogen-bond acceptors (Lipinski definition) is 4. The first-order valence-corrected chi connectivity index (χ1v) is 8.19. The second kappa shape index (κ2) is 6.23. The highest BCUT2D eigenvalue weighted by Crippen LogP contribution is 2.47. The molecule has 23 heavy (non-hydrogen) atoms. The van der Waals surface area contributed by atoms with Gasteiger partial charge in [-0.1, -0.05) is 13.8 Å². The Morgan fingerprint density at radius 2 is 2.00 bits per heavy atom. The largest absolute Gasteiger partial charge is 0.489 e. The Bertz CT molecular complexity index is 755.